The van der Waals surface area contributed by atoms with Crippen molar-refractivity contribution in [3.8, 4) is 5.69 Å². The molecule has 4 rings (SSSR count). The number of amides is 4. The second-order valence-corrected chi connectivity index (χ2v) is 8.06. The van der Waals surface area contributed by atoms with E-state index in [4.69, 9.17) is 0 Å². The third-order valence-electron chi connectivity index (χ3n) is 5.43. The van der Waals surface area contributed by atoms with E-state index in [-0.39, 0.29) is 30.7 Å². The Kier molecular flexibility index (Phi) is 4.64. The van der Waals surface area contributed by atoms with Crippen LogP contribution >= 0.6 is 0 Å². The van der Waals surface area contributed by atoms with E-state index in [1.54, 1.807) is 23.0 Å². The van der Waals surface area contributed by atoms with E-state index < -0.39 is 17.5 Å². The molecule has 4 amide bonds. The maximum atomic E-state index is 13.0. The third-order valence-corrected chi connectivity index (χ3v) is 5.43. The summed E-state index contributed by atoms with van der Waals surface area (Å²) in [6.07, 6.45) is 2.22. The Morgan fingerprint density at radius 1 is 1.27 bits per heavy atom. The molecule has 1 saturated heterocycles. The van der Waals surface area contributed by atoms with Crippen LogP contribution in [0.1, 0.15) is 55.2 Å². The zero-order chi connectivity index (χ0) is 21.6. The summed E-state index contributed by atoms with van der Waals surface area (Å²) in [7, 11) is 0. The van der Waals surface area contributed by atoms with Crippen LogP contribution in [0.15, 0.2) is 24.4 Å². The van der Waals surface area contributed by atoms with Crippen LogP contribution in [0.2, 0.25) is 0 Å². The number of benzene rings is 1. The Bertz CT molecular complexity index is 1070. The van der Waals surface area contributed by atoms with Crippen molar-refractivity contribution >= 4 is 23.6 Å². The number of piperidine rings is 1. The van der Waals surface area contributed by atoms with Gasteiger partial charge in [0, 0.05) is 31.0 Å². The smallest absolute Gasteiger partial charge is 0.255 e. The fourth-order valence-electron chi connectivity index (χ4n) is 3.96. The predicted octanol–water partition coefficient (Wildman–Crippen LogP) is 0.400. The summed E-state index contributed by atoms with van der Waals surface area (Å²) < 4.78 is 1.57. The number of hydrogen-bond acceptors (Lipinski definition) is 6. The lowest BCUT2D eigenvalue weighted by Gasteiger charge is -2.29. The Hall–Kier alpha value is -3.56. The van der Waals surface area contributed by atoms with Crippen LogP contribution in [0.25, 0.3) is 5.69 Å². The van der Waals surface area contributed by atoms with Crippen LogP contribution in [-0.2, 0) is 26.5 Å². The Labute approximate surface area is 172 Å². The SMILES string of the molecule is CC(=O)NC(C)(C)c1cn(-c2cccc3c2CN(C2CCC(=O)NC2=O)C3=O)nn1. The van der Waals surface area contributed by atoms with Gasteiger partial charge in [0.1, 0.15) is 11.7 Å². The minimum Gasteiger partial charge on any atom is -0.346 e. The number of rotatable bonds is 4. The van der Waals surface area contributed by atoms with Gasteiger partial charge in [0.15, 0.2) is 0 Å². The lowest BCUT2D eigenvalue weighted by Crippen LogP contribution is -2.52. The van der Waals surface area contributed by atoms with E-state index in [0.29, 0.717) is 23.4 Å². The Balaban J connectivity index is 1.65. The monoisotopic (exact) mass is 410 g/mol. The number of carbonyl (C=O) groups is 4. The van der Waals surface area contributed by atoms with Crippen LogP contribution < -0.4 is 10.6 Å². The summed E-state index contributed by atoms with van der Waals surface area (Å²) in [6.45, 7) is 5.32. The zero-order valence-electron chi connectivity index (χ0n) is 16.9. The standard InChI is InChI=1S/C20H22N6O4/c1-11(27)22-20(2,3)16-10-26(24-23-16)14-6-4-5-12-13(14)9-25(19(12)30)15-7-8-17(28)21-18(15)29/h4-6,10,15H,7-9H2,1-3H3,(H,22,27)(H,21,28,29). The summed E-state index contributed by atoms with van der Waals surface area (Å²) >= 11 is 0. The van der Waals surface area contributed by atoms with Gasteiger partial charge in [0.2, 0.25) is 17.7 Å². The van der Waals surface area contributed by atoms with E-state index in [2.05, 4.69) is 20.9 Å². The summed E-state index contributed by atoms with van der Waals surface area (Å²) in [5, 5.41) is 13.5. The average molecular weight is 410 g/mol. The van der Waals surface area contributed by atoms with Crippen molar-refractivity contribution in [2.24, 2.45) is 0 Å². The molecule has 1 aromatic heterocycles. The summed E-state index contributed by atoms with van der Waals surface area (Å²) in [6, 6.07) is 4.61. The molecule has 2 aliphatic heterocycles. The lowest BCUT2D eigenvalue weighted by molar-refractivity contribution is -0.137. The molecule has 1 fully saturated rings. The normalized spacial score (nSPS) is 19.0. The number of nitrogens with zero attached hydrogens (tertiary/aromatic N) is 4. The van der Waals surface area contributed by atoms with Gasteiger partial charge in [-0.3, -0.25) is 24.5 Å². The Morgan fingerprint density at radius 3 is 2.73 bits per heavy atom. The Morgan fingerprint density at radius 2 is 2.03 bits per heavy atom. The highest BCUT2D eigenvalue weighted by Crippen LogP contribution is 2.31. The van der Waals surface area contributed by atoms with Gasteiger partial charge in [0.25, 0.3) is 5.91 Å². The van der Waals surface area contributed by atoms with Gasteiger partial charge in [-0.25, -0.2) is 4.68 Å². The maximum absolute atomic E-state index is 13.0. The van der Waals surface area contributed by atoms with Gasteiger partial charge in [-0.15, -0.1) is 5.10 Å². The summed E-state index contributed by atoms with van der Waals surface area (Å²) in [5.41, 5.74) is 1.77. The van der Waals surface area contributed by atoms with Gasteiger partial charge >= 0.3 is 0 Å². The molecule has 0 saturated carbocycles. The minimum atomic E-state index is -0.712. The molecule has 156 valence electrons. The number of carbonyl (C=O) groups excluding carboxylic acids is 4. The van der Waals surface area contributed by atoms with Crippen molar-refractivity contribution in [2.75, 3.05) is 0 Å². The van der Waals surface area contributed by atoms with Crippen LogP contribution in [-0.4, -0.2) is 49.6 Å². The van der Waals surface area contributed by atoms with Crippen molar-refractivity contribution < 1.29 is 19.2 Å². The van der Waals surface area contributed by atoms with Gasteiger partial charge in [-0.05, 0) is 32.4 Å². The molecule has 1 unspecified atom stereocenters. The maximum Gasteiger partial charge on any atom is 0.255 e. The number of imide groups is 1. The first-order chi connectivity index (χ1) is 14.2. The highest BCUT2D eigenvalue weighted by Gasteiger charge is 2.40. The number of aromatic nitrogens is 3. The molecular weight excluding hydrogens is 388 g/mol. The first kappa shape index (κ1) is 19.7. The molecule has 2 N–H and O–H groups in total. The highest BCUT2D eigenvalue weighted by atomic mass is 16.2. The van der Waals surface area contributed by atoms with E-state index in [1.165, 1.54) is 11.8 Å². The van der Waals surface area contributed by atoms with Crippen molar-refractivity contribution in [1.29, 1.82) is 0 Å². The molecule has 0 radical (unpaired) electrons. The molecule has 10 heteroatoms. The molecule has 1 aromatic carbocycles. The van der Waals surface area contributed by atoms with Crippen LogP contribution in [0.4, 0.5) is 0 Å². The third kappa shape index (κ3) is 3.34. The van der Waals surface area contributed by atoms with Crippen molar-refractivity contribution in [3.05, 3.63) is 41.2 Å². The lowest BCUT2D eigenvalue weighted by atomic mass is 10.0. The van der Waals surface area contributed by atoms with Crippen molar-refractivity contribution in [1.82, 2.24) is 30.5 Å². The van der Waals surface area contributed by atoms with Crippen LogP contribution in [0.5, 0.6) is 0 Å². The molecule has 1 atom stereocenters. The second kappa shape index (κ2) is 7.05. The molecule has 2 aromatic rings. The number of nitrogens with one attached hydrogen (secondary N) is 2. The fourth-order valence-corrected chi connectivity index (χ4v) is 3.96. The molecule has 0 bridgehead atoms. The van der Waals surface area contributed by atoms with Gasteiger partial charge in [-0.1, -0.05) is 11.3 Å². The minimum absolute atomic E-state index is 0.180. The van der Waals surface area contributed by atoms with E-state index >= 15 is 0 Å². The molecule has 10 nitrogen and oxygen atoms in total. The first-order valence-corrected chi connectivity index (χ1v) is 9.66. The average Bonchev–Trinajstić information content (AvgIpc) is 3.27. The van der Waals surface area contributed by atoms with Crippen molar-refractivity contribution in [3.63, 3.8) is 0 Å². The largest absolute Gasteiger partial charge is 0.346 e. The van der Waals surface area contributed by atoms with Crippen molar-refractivity contribution in [2.45, 2.75) is 51.7 Å². The molecule has 30 heavy (non-hydrogen) atoms. The van der Waals surface area contributed by atoms with Crippen LogP contribution in [0.3, 0.4) is 0 Å². The zero-order valence-corrected chi connectivity index (χ0v) is 16.9. The van der Waals surface area contributed by atoms with E-state index in [1.807, 2.05) is 19.9 Å². The topological polar surface area (TPSA) is 126 Å². The van der Waals surface area contributed by atoms with Gasteiger partial charge in [-0.2, -0.15) is 0 Å². The van der Waals surface area contributed by atoms with E-state index in [9.17, 15) is 19.2 Å². The van der Waals surface area contributed by atoms with Gasteiger partial charge in [0.05, 0.1) is 17.4 Å². The fraction of sp³-hybridized carbons (Fsp3) is 0.400. The molecule has 3 heterocycles. The molecular formula is C20H22N6O4. The van der Waals surface area contributed by atoms with Crippen LogP contribution in [0, 0.1) is 0 Å². The molecule has 2 aliphatic rings. The molecule has 0 aliphatic carbocycles. The molecule has 0 spiro atoms. The predicted molar refractivity (Wildman–Crippen MR) is 104 cm³/mol. The number of hydrogen-bond donors (Lipinski definition) is 2. The van der Waals surface area contributed by atoms with E-state index in [0.717, 1.165) is 5.56 Å². The summed E-state index contributed by atoms with van der Waals surface area (Å²) in [5.74, 6) is -1.20. The second-order valence-electron chi connectivity index (χ2n) is 8.06. The summed E-state index contributed by atoms with van der Waals surface area (Å²) in [4.78, 5) is 49.6. The first-order valence-electron chi connectivity index (χ1n) is 9.66. The highest BCUT2D eigenvalue weighted by molar-refractivity contribution is 6.05. The quantitative estimate of drug-likeness (QED) is 0.703. The van der Waals surface area contributed by atoms with Gasteiger partial charge < -0.3 is 10.2 Å². The number of fused-ring (bicyclic) bond motifs is 1.